The van der Waals surface area contributed by atoms with Crippen molar-refractivity contribution in [3.63, 3.8) is 0 Å². The molecule has 0 bridgehead atoms. The van der Waals surface area contributed by atoms with Crippen LogP contribution in [0.2, 0.25) is 0 Å². The number of fused-ring (bicyclic) bond motifs is 1. The first kappa shape index (κ1) is 15.4. The van der Waals surface area contributed by atoms with Gasteiger partial charge < -0.3 is 5.73 Å². The molecule has 1 aromatic heterocycles. The van der Waals surface area contributed by atoms with E-state index < -0.39 is 10.0 Å². The van der Waals surface area contributed by atoms with Crippen molar-refractivity contribution in [2.45, 2.75) is 31.7 Å². The zero-order valence-electron chi connectivity index (χ0n) is 11.7. The minimum atomic E-state index is -3.50. The van der Waals surface area contributed by atoms with Gasteiger partial charge in [-0.25, -0.2) is 13.1 Å². The van der Waals surface area contributed by atoms with E-state index in [-0.39, 0.29) is 6.54 Å². The molecular formula is C14H20N2O2S2. The maximum absolute atomic E-state index is 12.5. The Hall–Kier alpha value is -0.950. The molecule has 0 saturated heterocycles. The number of sulfonamides is 1. The van der Waals surface area contributed by atoms with Crippen molar-refractivity contribution in [3.8, 4) is 0 Å². The summed E-state index contributed by atoms with van der Waals surface area (Å²) in [5.74, 6) is 0.464. The average molecular weight is 312 g/mol. The third-order valence-electron chi connectivity index (χ3n) is 3.09. The number of hydrogen-bond donors (Lipinski definition) is 2. The van der Waals surface area contributed by atoms with Gasteiger partial charge in [0, 0.05) is 28.1 Å². The Morgan fingerprint density at radius 1 is 1.30 bits per heavy atom. The predicted molar refractivity (Wildman–Crippen MR) is 84.4 cm³/mol. The normalized spacial score (nSPS) is 12.4. The van der Waals surface area contributed by atoms with E-state index in [1.165, 1.54) is 11.3 Å². The smallest absolute Gasteiger partial charge is 0.242 e. The van der Waals surface area contributed by atoms with Crippen LogP contribution < -0.4 is 10.5 Å². The van der Waals surface area contributed by atoms with Gasteiger partial charge >= 0.3 is 0 Å². The number of benzene rings is 1. The van der Waals surface area contributed by atoms with Crippen molar-refractivity contribution in [1.82, 2.24) is 4.72 Å². The molecular weight excluding hydrogens is 292 g/mol. The molecule has 0 spiro atoms. The fourth-order valence-electron chi connectivity index (χ4n) is 2.06. The van der Waals surface area contributed by atoms with Crippen LogP contribution in [0.5, 0.6) is 0 Å². The molecule has 20 heavy (non-hydrogen) atoms. The van der Waals surface area contributed by atoms with Gasteiger partial charge in [-0.05, 0) is 18.4 Å². The van der Waals surface area contributed by atoms with Crippen molar-refractivity contribution in [3.05, 3.63) is 29.1 Å². The van der Waals surface area contributed by atoms with Gasteiger partial charge in [0.15, 0.2) is 0 Å². The third kappa shape index (κ3) is 3.20. The largest absolute Gasteiger partial charge is 0.326 e. The fraction of sp³-hybridized carbons (Fsp3) is 0.429. The lowest BCUT2D eigenvalue weighted by molar-refractivity contribution is 0.552. The molecule has 2 rings (SSSR count). The van der Waals surface area contributed by atoms with Crippen molar-refractivity contribution in [2.24, 2.45) is 11.7 Å². The molecule has 0 amide bonds. The number of hydrogen-bond acceptors (Lipinski definition) is 4. The second kappa shape index (κ2) is 6.22. The summed E-state index contributed by atoms with van der Waals surface area (Å²) < 4.78 is 28.7. The molecule has 1 aromatic carbocycles. The molecule has 2 aromatic rings. The minimum Gasteiger partial charge on any atom is -0.326 e. The number of thiophene rings is 1. The highest BCUT2D eigenvalue weighted by molar-refractivity contribution is 7.90. The summed E-state index contributed by atoms with van der Waals surface area (Å²) in [6.07, 6.45) is 0.819. The number of nitrogens with one attached hydrogen (secondary N) is 1. The predicted octanol–water partition coefficient (Wildman–Crippen LogP) is 2.68. The van der Waals surface area contributed by atoms with Gasteiger partial charge in [-0.3, -0.25) is 0 Å². The van der Waals surface area contributed by atoms with Crippen LogP contribution >= 0.6 is 11.3 Å². The van der Waals surface area contributed by atoms with E-state index in [4.69, 9.17) is 5.73 Å². The first-order chi connectivity index (χ1) is 9.45. The molecule has 0 aliphatic heterocycles. The van der Waals surface area contributed by atoms with E-state index in [1.807, 2.05) is 24.3 Å². The molecule has 0 radical (unpaired) electrons. The number of rotatable bonds is 6. The van der Waals surface area contributed by atoms with Gasteiger partial charge in [0.05, 0.1) is 0 Å². The second-order valence-electron chi connectivity index (χ2n) is 5.13. The highest BCUT2D eigenvalue weighted by Crippen LogP contribution is 2.34. The van der Waals surface area contributed by atoms with Crippen LogP contribution in [0, 0.1) is 5.92 Å². The van der Waals surface area contributed by atoms with Crippen LogP contribution in [0.1, 0.15) is 25.1 Å². The molecule has 0 atom stereocenters. The summed E-state index contributed by atoms with van der Waals surface area (Å²) in [7, 11) is -3.50. The summed E-state index contributed by atoms with van der Waals surface area (Å²) in [4.78, 5) is 1.06. The van der Waals surface area contributed by atoms with Gasteiger partial charge in [0.2, 0.25) is 10.0 Å². The number of nitrogens with two attached hydrogens (primary N) is 1. The van der Waals surface area contributed by atoms with Crippen LogP contribution in [-0.4, -0.2) is 15.0 Å². The fourth-order valence-corrected chi connectivity index (χ4v) is 4.93. The van der Waals surface area contributed by atoms with E-state index in [0.717, 1.165) is 16.5 Å². The molecule has 110 valence electrons. The van der Waals surface area contributed by atoms with Gasteiger partial charge in [-0.1, -0.05) is 32.0 Å². The Labute approximate surface area is 124 Å². The van der Waals surface area contributed by atoms with Crippen molar-refractivity contribution in [2.75, 3.05) is 6.54 Å². The molecule has 3 N–H and O–H groups in total. The topological polar surface area (TPSA) is 72.2 Å². The maximum Gasteiger partial charge on any atom is 0.242 e. The zero-order valence-corrected chi connectivity index (χ0v) is 13.4. The van der Waals surface area contributed by atoms with Gasteiger partial charge in [0.25, 0.3) is 0 Å². The van der Waals surface area contributed by atoms with Crippen molar-refractivity contribution >= 4 is 31.4 Å². The van der Waals surface area contributed by atoms with Crippen molar-refractivity contribution < 1.29 is 8.42 Å². The Bertz CT molecular complexity index is 690. The minimum absolute atomic E-state index is 0.236. The van der Waals surface area contributed by atoms with E-state index in [9.17, 15) is 8.42 Å². The monoisotopic (exact) mass is 312 g/mol. The average Bonchev–Trinajstić information content (AvgIpc) is 2.77. The van der Waals surface area contributed by atoms with E-state index in [0.29, 0.717) is 22.2 Å². The standard InChI is InChI=1S/C14H20N2O2S2/c1-10(2)7-8-16-20(17,18)14-11-5-3-4-6-12(11)19-13(14)9-15/h3-6,10,16H,7-9,15H2,1-2H3. The quantitative estimate of drug-likeness (QED) is 0.861. The SMILES string of the molecule is CC(C)CCNS(=O)(=O)c1c(CN)sc2ccccc12. The summed E-state index contributed by atoms with van der Waals surface area (Å²) in [5.41, 5.74) is 5.71. The van der Waals surface area contributed by atoms with Crippen LogP contribution in [0.15, 0.2) is 29.2 Å². The van der Waals surface area contributed by atoms with Crippen LogP contribution in [0.3, 0.4) is 0 Å². The first-order valence-corrected chi connectivity index (χ1v) is 8.96. The Kier molecular flexibility index (Phi) is 4.80. The highest BCUT2D eigenvalue weighted by atomic mass is 32.2. The third-order valence-corrected chi connectivity index (χ3v) is 6.00. The summed E-state index contributed by atoms with van der Waals surface area (Å²) in [6.45, 7) is 4.83. The molecule has 6 heteroatoms. The summed E-state index contributed by atoms with van der Waals surface area (Å²) in [6, 6.07) is 7.51. The molecule has 0 fully saturated rings. The first-order valence-electron chi connectivity index (χ1n) is 6.66. The highest BCUT2D eigenvalue weighted by Gasteiger charge is 2.23. The van der Waals surface area contributed by atoms with Gasteiger partial charge in [0.1, 0.15) is 4.90 Å². The Morgan fingerprint density at radius 2 is 2.00 bits per heavy atom. The molecule has 0 saturated carbocycles. The van der Waals surface area contributed by atoms with Crippen LogP contribution in [0.25, 0.3) is 10.1 Å². The zero-order chi connectivity index (χ0) is 14.8. The van der Waals surface area contributed by atoms with Crippen LogP contribution in [0.4, 0.5) is 0 Å². The van der Waals surface area contributed by atoms with E-state index in [2.05, 4.69) is 18.6 Å². The summed E-state index contributed by atoms with van der Waals surface area (Å²) >= 11 is 1.45. The van der Waals surface area contributed by atoms with Gasteiger partial charge in [-0.2, -0.15) is 0 Å². The molecule has 0 aliphatic carbocycles. The van der Waals surface area contributed by atoms with Crippen molar-refractivity contribution in [1.29, 1.82) is 0 Å². The molecule has 0 unspecified atom stereocenters. The lowest BCUT2D eigenvalue weighted by Gasteiger charge is -2.09. The summed E-state index contributed by atoms with van der Waals surface area (Å²) in [5, 5.41) is 0.759. The maximum atomic E-state index is 12.5. The Balaban J connectivity index is 2.40. The lowest BCUT2D eigenvalue weighted by Crippen LogP contribution is -2.26. The van der Waals surface area contributed by atoms with Gasteiger partial charge in [-0.15, -0.1) is 11.3 Å². The Morgan fingerprint density at radius 3 is 2.65 bits per heavy atom. The second-order valence-corrected chi connectivity index (χ2v) is 7.98. The lowest BCUT2D eigenvalue weighted by atomic mass is 10.1. The van der Waals surface area contributed by atoms with Crippen LogP contribution in [-0.2, 0) is 16.6 Å². The van der Waals surface area contributed by atoms with E-state index in [1.54, 1.807) is 0 Å². The molecule has 4 nitrogen and oxygen atoms in total. The molecule has 1 heterocycles. The van der Waals surface area contributed by atoms with E-state index >= 15 is 0 Å². The molecule has 0 aliphatic rings.